The molecule has 29 heavy (non-hydrogen) atoms. The molecule has 3 aromatic rings. The summed E-state index contributed by atoms with van der Waals surface area (Å²) < 4.78 is 24.0. The number of benzene rings is 2. The third kappa shape index (κ3) is 4.72. The molecule has 1 aliphatic heterocycles. The van der Waals surface area contributed by atoms with Crippen molar-refractivity contribution in [2.24, 2.45) is 0 Å². The average Bonchev–Trinajstić information content (AvgIpc) is 3.24. The number of fused-ring (bicyclic) bond motifs is 1. The molecule has 6 nitrogen and oxygen atoms in total. The standard InChI is InChI=1S/C20H15ClFN3O3S/c21-15(9-13-3-6-16-17(10-13)28-8-7-27-16)19-24-25-20(29-19)18(26)23-11-12-1-4-14(22)5-2-12/h1-6,9-10H,7-8,11H2,(H,23,26)/b15-9-. The summed E-state index contributed by atoms with van der Waals surface area (Å²) in [6, 6.07) is 11.4. The Hall–Kier alpha value is -2.97. The van der Waals surface area contributed by atoms with Crippen molar-refractivity contribution in [2.45, 2.75) is 6.54 Å². The van der Waals surface area contributed by atoms with Gasteiger partial charge in [0, 0.05) is 6.54 Å². The van der Waals surface area contributed by atoms with Gasteiger partial charge in [-0.15, -0.1) is 10.2 Å². The van der Waals surface area contributed by atoms with E-state index in [0.717, 1.165) is 22.5 Å². The predicted molar refractivity (Wildman–Crippen MR) is 109 cm³/mol. The van der Waals surface area contributed by atoms with E-state index in [2.05, 4.69) is 15.5 Å². The first-order valence-corrected chi connectivity index (χ1v) is 9.91. The Bertz CT molecular complexity index is 1070. The van der Waals surface area contributed by atoms with Gasteiger partial charge in [-0.25, -0.2) is 4.39 Å². The van der Waals surface area contributed by atoms with Gasteiger partial charge in [0.05, 0.1) is 5.03 Å². The van der Waals surface area contributed by atoms with Gasteiger partial charge in [-0.3, -0.25) is 4.79 Å². The van der Waals surface area contributed by atoms with E-state index in [1.807, 2.05) is 18.2 Å². The van der Waals surface area contributed by atoms with Gasteiger partial charge < -0.3 is 14.8 Å². The fraction of sp³-hybridized carbons (Fsp3) is 0.150. The summed E-state index contributed by atoms with van der Waals surface area (Å²) in [4.78, 5) is 12.3. The maximum absolute atomic E-state index is 12.9. The molecule has 1 aliphatic rings. The molecule has 0 bridgehead atoms. The maximum Gasteiger partial charge on any atom is 0.282 e. The van der Waals surface area contributed by atoms with Gasteiger partial charge in [0.2, 0.25) is 5.01 Å². The van der Waals surface area contributed by atoms with Crippen LogP contribution in [0.5, 0.6) is 11.5 Å². The summed E-state index contributed by atoms with van der Waals surface area (Å²) in [6.07, 6.45) is 1.72. The number of hydrogen-bond donors (Lipinski definition) is 1. The van der Waals surface area contributed by atoms with E-state index in [1.54, 1.807) is 18.2 Å². The number of ether oxygens (including phenoxy) is 2. The Labute approximate surface area is 174 Å². The minimum Gasteiger partial charge on any atom is -0.486 e. The highest BCUT2D eigenvalue weighted by Crippen LogP contribution is 2.33. The number of hydrogen-bond acceptors (Lipinski definition) is 6. The maximum atomic E-state index is 12.9. The Morgan fingerprint density at radius 3 is 2.62 bits per heavy atom. The van der Waals surface area contributed by atoms with E-state index in [9.17, 15) is 9.18 Å². The van der Waals surface area contributed by atoms with Crippen LogP contribution in [0.4, 0.5) is 4.39 Å². The Morgan fingerprint density at radius 2 is 1.83 bits per heavy atom. The van der Waals surface area contributed by atoms with E-state index in [1.165, 1.54) is 12.1 Å². The van der Waals surface area contributed by atoms with Gasteiger partial charge in [-0.05, 0) is 41.5 Å². The second-order valence-corrected chi connectivity index (χ2v) is 7.50. The van der Waals surface area contributed by atoms with Crippen LogP contribution in [0.25, 0.3) is 11.1 Å². The predicted octanol–water partition coefficient (Wildman–Crippen LogP) is 4.12. The second kappa shape index (κ2) is 8.59. The molecule has 1 N–H and O–H groups in total. The zero-order valence-electron chi connectivity index (χ0n) is 15.0. The van der Waals surface area contributed by atoms with E-state index in [4.69, 9.17) is 21.1 Å². The minimum absolute atomic E-state index is 0.191. The summed E-state index contributed by atoms with van der Waals surface area (Å²) in [7, 11) is 0. The quantitative estimate of drug-likeness (QED) is 0.658. The monoisotopic (exact) mass is 431 g/mol. The highest BCUT2D eigenvalue weighted by atomic mass is 35.5. The number of nitrogens with zero attached hydrogens (tertiary/aromatic N) is 2. The SMILES string of the molecule is O=C(NCc1ccc(F)cc1)c1nnc(/C(Cl)=C/c2ccc3c(c2)OCCO3)s1. The van der Waals surface area contributed by atoms with Crippen molar-refractivity contribution >= 4 is 40.0 Å². The van der Waals surface area contributed by atoms with Crippen LogP contribution in [0.3, 0.4) is 0 Å². The number of carbonyl (C=O) groups excluding carboxylic acids is 1. The van der Waals surface area contributed by atoms with Crippen molar-refractivity contribution in [2.75, 3.05) is 13.2 Å². The van der Waals surface area contributed by atoms with Gasteiger partial charge in [0.25, 0.3) is 5.91 Å². The largest absolute Gasteiger partial charge is 0.486 e. The first-order valence-electron chi connectivity index (χ1n) is 8.72. The number of aromatic nitrogens is 2. The molecule has 4 rings (SSSR count). The smallest absolute Gasteiger partial charge is 0.282 e. The number of carbonyl (C=O) groups is 1. The zero-order chi connectivity index (χ0) is 20.2. The normalized spacial score (nSPS) is 13.2. The molecule has 0 aliphatic carbocycles. The fourth-order valence-electron chi connectivity index (χ4n) is 2.63. The zero-order valence-corrected chi connectivity index (χ0v) is 16.6. The molecule has 0 saturated carbocycles. The summed E-state index contributed by atoms with van der Waals surface area (Å²) in [5, 5.41) is 11.6. The van der Waals surface area contributed by atoms with Crippen molar-refractivity contribution in [1.82, 2.24) is 15.5 Å². The molecular formula is C20H15ClFN3O3S. The van der Waals surface area contributed by atoms with Crippen LogP contribution in [-0.2, 0) is 6.54 Å². The third-order valence-corrected chi connectivity index (χ3v) is 5.40. The molecule has 1 amide bonds. The molecule has 9 heteroatoms. The molecule has 0 fully saturated rings. The van der Waals surface area contributed by atoms with Gasteiger partial charge >= 0.3 is 0 Å². The highest BCUT2D eigenvalue weighted by molar-refractivity contribution is 7.15. The van der Waals surface area contributed by atoms with Crippen molar-refractivity contribution < 1.29 is 18.7 Å². The van der Waals surface area contributed by atoms with Crippen LogP contribution in [0, 0.1) is 5.82 Å². The summed E-state index contributed by atoms with van der Waals surface area (Å²) in [5.74, 6) is 0.656. The van der Waals surface area contributed by atoms with E-state index < -0.39 is 0 Å². The molecule has 2 aromatic carbocycles. The lowest BCUT2D eigenvalue weighted by Crippen LogP contribution is -2.22. The van der Waals surface area contributed by atoms with E-state index >= 15 is 0 Å². The minimum atomic E-state index is -0.373. The summed E-state index contributed by atoms with van der Waals surface area (Å²) in [6.45, 7) is 1.29. The number of halogens is 2. The summed E-state index contributed by atoms with van der Waals surface area (Å²) >= 11 is 7.44. The molecule has 0 saturated heterocycles. The number of rotatable bonds is 5. The van der Waals surface area contributed by atoms with Gasteiger partial charge in [0.15, 0.2) is 16.5 Å². The first-order chi connectivity index (χ1) is 14.1. The Balaban J connectivity index is 1.43. The lowest BCUT2D eigenvalue weighted by molar-refractivity contribution is 0.0950. The van der Waals surface area contributed by atoms with Crippen LogP contribution in [-0.4, -0.2) is 29.3 Å². The topological polar surface area (TPSA) is 73.3 Å². The van der Waals surface area contributed by atoms with Gasteiger partial charge in [0.1, 0.15) is 19.0 Å². The number of amides is 1. The Morgan fingerprint density at radius 1 is 1.10 bits per heavy atom. The van der Waals surface area contributed by atoms with Crippen LogP contribution in [0.15, 0.2) is 42.5 Å². The molecule has 0 spiro atoms. The molecule has 0 radical (unpaired) electrons. The first kappa shape index (κ1) is 19.4. The van der Waals surface area contributed by atoms with E-state index in [-0.39, 0.29) is 23.3 Å². The lowest BCUT2D eigenvalue weighted by atomic mass is 10.2. The van der Waals surface area contributed by atoms with Crippen molar-refractivity contribution in [3.8, 4) is 11.5 Å². The van der Waals surface area contributed by atoms with Crippen molar-refractivity contribution in [1.29, 1.82) is 0 Å². The molecule has 148 valence electrons. The average molecular weight is 432 g/mol. The highest BCUT2D eigenvalue weighted by Gasteiger charge is 2.15. The van der Waals surface area contributed by atoms with Crippen LogP contribution in [0.2, 0.25) is 0 Å². The van der Waals surface area contributed by atoms with Crippen molar-refractivity contribution in [3.63, 3.8) is 0 Å². The molecule has 0 atom stereocenters. The van der Waals surface area contributed by atoms with Crippen LogP contribution in [0.1, 0.15) is 25.9 Å². The molecule has 1 aromatic heterocycles. The van der Waals surface area contributed by atoms with Crippen LogP contribution < -0.4 is 14.8 Å². The third-order valence-electron chi connectivity index (χ3n) is 4.05. The fourth-order valence-corrected chi connectivity index (χ4v) is 3.58. The number of nitrogens with one attached hydrogen (secondary N) is 1. The Kier molecular flexibility index (Phi) is 5.73. The van der Waals surface area contributed by atoms with E-state index in [0.29, 0.717) is 34.8 Å². The van der Waals surface area contributed by atoms with Gasteiger partial charge in [-0.1, -0.05) is 41.1 Å². The van der Waals surface area contributed by atoms with Gasteiger partial charge in [-0.2, -0.15) is 0 Å². The molecule has 0 unspecified atom stereocenters. The second-order valence-electron chi connectivity index (χ2n) is 6.12. The lowest BCUT2D eigenvalue weighted by Gasteiger charge is -2.18. The van der Waals surface area contributed by atoms with Crippen LogP contribution >= 0.6 is 22.9 Å². The molecular weight excluding hydrogens is 417 g/mol. The van der Waals surface area contributed by atoms with Crippen molar-refractivity contribution in [3.05, 3.63) is 69.4 Å². The molecule has 2 heterocycles. The summed E-state index contributed by atoms with van der Waals surface area (Å²) in [5.41, 5.74) is 1.60.